The molecule has 0 amide bonds. The number of piperidine rings is 1. The summed E-state index contributed by atoms with van der Waals surface area (Å²) >= 11 is 0. The minimum atomic E-state index is -3.53. The Labute approximate surface area is 127 Å². The van der Waals surface area contributed by atoms with Crippen LogP contribution in [0.5, 0.6) is 0 Å². The van der Waals surface area contributed by atoms with E-state index in [-0.39, 0.29) is 6.04 Å². The van der Waals surface area contributed by atoms with E-state index in [1.807, 2.05) is 0 Å². The largest absolute Gasteiger partial charge is 0.313 e. The van der Waals surface area contributed by atoms with Crippen molar-refractivity contribution in [3.8, 4) is 0 Å². The van der Waals surface area contributed by atoms with Crippen LogP contribution in [0.3, 0.4) is 0 Å². The molecule has 21 heavy (non-hydrogen) atoms. The predicted octanol–water partition coefficient (Wildman–Crippen LogP) is 1.59. The monoisotopic (exact) mass is 312 g/mol. The molecule has 1 unspecified atom stereocenters. The topological polar surface area (TPSA) is 74.3 Å². The van der Waals surface area contributed by atoms with Gasteiger partial charge in [-0.2, -0.15) is 12.7 Å². The van der Waals surface area contributed by atoms with Crippen LogP contribution in [-0.4, -0.2) is 42.9 Å². The van der Waals surface area contributed by atoms with Gasteiger partial charge in [-0.05, 0) is 25.0 Å². The van der Waals surface area contributed by atoms with E-state index in [1.54, 1.807) is 22.6 Å². The fraction of sp³-hybridized carbons (Fsp3) is 0.643. The van der Waals surface area contributed by atoms with Crippen molar-refractivity contribution < 1.29 is 8.42 Å². The smallest absolute Gasteiger partial charge is 0.301 e. The van der Waals surface area contributed by atoms with E-state index in [9.17, 15) is 8.42 Å². The molecule has 6 nitrogen and oxygen atoms in total. The van der Waals surface area contributed by atoms with Crippen LogP contribution in [0.25, 0.3) is 0 Å². The van der Waals surface area contributed by atoms with E-state index < -0.39 is 10.2 Å². The van der Waals surface area contributed by atoms with E-state index >= 15 is 0 Å². The minimum absolute atomic E-state index is 0.00956. The Bertz CT molecular complexity index is 533. The quantitative estimate of drug-likeness (QED) is 0.836. The lowest BCUT2D eigenvalue weighted by molar-refractivity contribution is 0.243. The maximum atomic E-state index is 12.6. The summed E-state index contributed by atoms with van der Waals surface area (Å²) in [7, 11) is -3.53. The first-order valence-corrected chi connectivity index (χ1v) is 8.86. The summed E-state index contributed by atoms with van der Waals surface area (Å²) in [5.41, 5.74) is 0.499. The van der Waals surface area contributed by atoms with Gasteiger partial charge in [0.25, 0.3) is 0 Å². The highest BCUT2D eigenvalue weighted by Gasteiger charge is 2.32. The molecular weight excluding hydrogens is 288 g/mol. The van der Waals surface area contributed by atoms with E-state index in [4.69, 9.17) is 0 Å². The fourth-order valence-electron chi connectivity index (χ4n) is 2.50. The first-order chi connectivity index (χ1) is 9.99. The normalized spacial score (nSPS) is 20.6. The van der Waals surface area contributed by atoms with Crippen molar-refractivity contribution in [3.05, 3.63) is 24.5 Å². The van der Waals surface area contributed by atoms with Crippen LogP contribution >= 0.6 is 0 Å². The Kier molecular flexibility index (Phi) is 5.55. The van der Waals surface area contributed by atoms with Crippen molar-refractivity contribution in [3.63, 3.8) is 0 Å². The number of pyridine rings is 1. The van der Waals surface area contributed by atoms with Crippen LogP contribution in [0.1, 0.15) is 33.1 Å². The van der Waals surface area contributed by atoms with Crippen LogP contribution < -0.4 is 10.0 Å². The van der Waals surface area contributed by atoms with Gasteiger partial charge in [-0.25, -0.2) is 0 Å². The second-order valence-corrected chi connectivity index (χ2v) is 7.30. The first kappa shape index (κ1) is 16.2. The molecule has 0 aromatic carbocycles. The number of anilines is 1. The zero-order valence-electron chi connectivity index (χ0n) is 12.6. The fourth-order valence-corrected chi connectivity index (χ4v) is 3.97. The predicted molar refractivity (Wildman–Crippen MR) is 84.3 cm³/mol. The number of aromatic nitrogens is 1. The third-order valence-electron chi connectivity index (χ3n) is 3.55. The molecule has 1 aromatic rings. The van der Waals surface area contributed by atoms with Gasteiger partial charge in [0, 0.05) is 31.4 Å². The Morgan fingerprint density at radius 2 is 2.24 bits per heavy atom. The molecule has 118 valence electrons. The van der Waals surface area contributed by atoms with Gasteiger partial charge in [0.05, 0.1) is 11.9 Å². The van der Waals surface area contributed by atoms with Crippen molar-refractivity contribution in [2.45, 2.75) is 45.2 Å². The molecule has 1 aliphatic heterocycles. The van der Waals surface area contributed by atoms with Gasteiger partial charge in [0.1, 0.15) is 0 Å². The van der Waals surface area contributed by atoms with E-state index in [1.165, 1.54) is 6.20 Å². The highest BCUT2D eigenvalue weighted by molar-refractivity contribution is 7.90. The summed E-state index contributed by atoms with van der Waals surface area (Å²) in [6.07, 6.45) is 6.01. The molecule has 0 saturated carbocycles. The number of hydrogen-bond donors (Lipinski definition) is 2. The van der Waals surface area contributed by atoms with Gasteiger partial charge in [-0.3, -0.25) is 9.71 Å². The molecule has 0 aliphatic carbocycles. The highest BCUT2D eigenvalue weighted by atomic mass is 32.2. The molecule has 1 aliphatic rings. The van der Waals surface area contributed by atoms with Crippen LogP contribution in [-0.2, 0) is 10.2 Å². The third-order valence-corrected chi connectivity index (χ3v) is 5.14. The maximum Gasteiger partial charge on any atom is 0.301 e. The number of hydrogen-bond acceptors (Lipinski definition) is 4. The molecular formula is C14H24N4O2S. The van der Waals surface area contributed by atoms with Gasteiger partial charge in [0.15, 0.2) is 0 Å². The van der Waals surface area contributed by atoms with Crippen molar-refractivity contribution in [1.29, 1.82) is 0 Å². The van der Waals surface area contributed by atoms with Crippen molar-refractivity contribution in [1.82, 2.24) is 14.6 Å². The molecule has 1 atom stereocenters. The summed E-state index contributed by atoms with van der Waals surface area (Å²) < 4.78 is 29.3. The van der Waals surface area contributed by atoms with Gasteiger partial charge >= 0.3 is 10.2 Å². The summed E-state index contributed by atoms with van der Waals surface area (Å²) in [4.78, 5) is 3.93. The maximum absolute atomic E-state index is 12.6. The lowest BCUT2D eigenvalue weighted by Crippen LogP contribution is -2.51. The van der Waals surface area contributed by atoms with Gasteiger partial charge in [-0.15, -0.1) is 0 Å². The molecule has 7 heteroatoms. The van der Waals surface area contributed by atoms with Crippen molar-refractivity contribution in [2.24, 2.45) is 0 Å². The molecule has 1 fully saturated rings. The molecule has 2 N–H and O–H groups in total. The minimum Gasteiger partial charge on any atom is -0.313 e. The molecule has 1 aromatic heterocycles. The second kappa shape index (κ2) is 7.20. The number of nitrogens with one attached hydrogen (secondary N) is 2. The number of rotatable bonds is 6. The van der Waals surface area contributed by atoms with E-state index in [0.717, 1.165) is 19.3 Å². The average Bonchev–Trinajstić information content (AvgIpc) is 2.46. The van der Waals surface area contributed by atoms with E-state index in [0.29, 0.717) is 24.8 Å². The Hall–Kier alpha value is -1.18. The van der Waals surface area contributed by atoms with Gasteiger partial charge in [0.2, 0.25) is 0 Å². The van der Waals surface area contributed by atoms with Crippen molar-refractivity contribution >= 4 is 15.9 Å². The van der Waals surface area contributed by atoms with Crippen LogP contribution in [0.15, 0.2) is 24.5 Å². The SMILES string of the molecule is CC(C)NCC1CCCCN1S(=O)(=O)Nc1cccnc1. The van der Waals surface area contributed by atoms with Gasteiger partial charge in [-0.1, -0.05) is 20.3 Å². The highest BCUT2D eigenvalue weighted by Crippen LogP contribution is 2.21. The molecule has 1 saturated heterocycles. The van der Waals surface area contributed by atoms with E-state index in [2.05, 4.69) is 28.9 Å². The third kappa shape index (κ3) is 4.66. The van der Waals surface area contributed by atoms with Crippen LogP contribution in [0, 0.1) is 0 Å². The Balaban J connectivity index is 2.08. The summed E-state index contributed by atoms with van der Waals surface area (Å²) in [5, 5.41) is 3.33. The molecule has 0 bridgehead atoms. The summed E-state index contributed by atoms with van der Waals surface area (Å²) in [6.45, 7) is 5.39. The molecule has 0 radical (unpaired) electrons. The number of nitrogens with zero attached hydrogens (tertiary/aromatic N) is 2. The summed E-state index contributed by atoms with van der Waals surface area (Å²) in [5.74, 6) is 0. The zero-order valence-corrected chi connectivity index (χ0v) is 13.4. The van der Waals surface area contributed by atoms with Crippen LogP contribution in [0.2, 0.25) is 0 Å². The molecule has 2 heterocycles. The average molecular weight is 312 g/mol. The zero-order chi connectivity index (χ0) is 15.3. The van der Waals surface area contributed by atoms with Gasteiger partial charge < -0.3 is 5.32 Å². The first-order valence-electron chi connectivity index (χ1n) is 7.42. The lowest BCUT2D eigenvalue weighted by atomic mass is 10.0. The van der Waals surface area contributed by atoms with Crippen molar-refractivity contribution in [2.75, 3.05) is 17.8 Å². The second-order valence-electron chi connectivity index (χ2n) is 5.67. The Morgan fingerprint density at radius 1 is 1.43 bits per heavy atom. The standard InChI is InChI=1S/C14H24N4O2S/c1-12(2)16-11-14-7-3-4-9-18(14)21(19,20)17-13-6-5-8-15-10-13/h5-6,8,10,12,14,16-17H,3-4,7,9,11H2,1-2H3. The molecule has 2 rings (SSSR count). The van der Waals surface area contributed by atoms with Crippen LogP contribution in [0.4, 0.5) is 5.69 Å². The molecule has 0 spiro atoms. The lowest BCUT2D eigenvalue weighted by Gasteiger charge is -2.35. The summed E-state index contributed by atoms with van der Waals surface area (Å²) in [6, 6.07) is 3.78. The Morgan fingerprint density at radius 3 is 2.90 bits per heavy atom.